The molecule has 0 atom stereocenters. The smallest absolute Gasteiger partial charge is 0.294 e. The Bertz CT molecular complexity index is 721. The van der Waals surface area contributed by atoms with Crippen LogP contribution in [0.4, 0.5) is 4.79 Å². The monoisotopic (exact) mass is 356 g/mol. The van der Waals surface area contributed by atoms with Crippen molar-refractivity contribution in [3.8, 4) is 0 Å². The van der Waals surface area contributed by atoms with Crippen LogP contribution in [0.15, 0.2) is 47.4 Å². The summed E-state index contributed by atoms with van der Waals surface area (Å²) in [6.45, 7) is 1.26. The predicted octanol–water partition coefficient (Wildman–Crippen LogP) is 3.29. The number of carbonyl (C=O) groups is 3. The molecule has 1 aromatic rings. The molecule has 3 rings (SSSR count). The lowest BCUT2D eigenvalue weighted by atomic mass is 10.1. The first-order valence-corrected chi connectivity index (χ1v) is 9.21. The molecule has 0 saturated carbocycles. The summed E-state index contributed by atoms with van der Waals surface area (Å²) < 4.78 is 0. The van der Waals surface area contributed by atoms with Crippen molar-refractivity contribution in [2.24, 2.45) is 0 Å². The van der Waals surface area contributed by atoms with E-state index in [9.17, 15) is 14.4 Å². The molecule has 0 radical (unpaired) electrons. The van der Waals surface area contributed by atoms with Crippen LogP contribution in [0, 0.1) is 0 Å². The summed E-state index contributed by atoms with van der Waals surface area (Å²) >= 11 is 0.882. The van der Waals surface area contributed by atoms with Gasteiger partial charge < -0.3 is 4.90 Å². The van der Waals surface area contributed by atoms with Crippen LogP contribution >= 0.6 is 11.8 Å². The molecule has 0 bridgehead atoms. The Kier molecular flexibility index (Phi) is 5.71. The molecule has 25 heavy (non-hydrogen) atoms. The van der Waals surface area contributed by atoms with Gasteiger partial charge >= 0.3 is 0 Å². The minimum absolute atomic E-state index is 0.150. The van der Waals surface area contributed by atoms with Gasteiger partial charge in [-0.15, -0.1) is 0 Å². The SMILES string of the molecule is O=C(CN1C(=O)S/C(=C/C=C/c2ccccc2)C1=O)N1CCCCC1. The number of benzene rings is 1. The highest BCUT2D eigenvalue weighted by Gasteiger charge is 2.36. The highest BCUT2D eigenvalue weighted by atomic mass is 32.2. The molecule has 3 amide bonds. The van der Waals surface area contributed by atoms with E-state index in [1.807, 2.05) is 36.4 Å². The van der Waals surface area contributed by atoms with Gasteiger partial charge in [-0.1, -0.05) is 42.5 Å². The number of thioether (sulfide) groups is 1. The van der Waals surface area contributed by atoms with Crippen LogP contribution in [0.25, 0.3) is 6.08 Å². The van der Waals surface area contributed by atoms with Gasteiger partial charge in [-0.3, -0.25) is 19.3 Å². The highest BCUT2D eigenvalue weighted by molar-refractivity contribution is 8.18. The predicted molar refractivity (Wildman–Crippen MR) is 98.7 cm³/mol. The Labute approximate surface area is 151 Å². The van der Waals surface area contributed by atoms with Crippen LogP contribution in [0.2, 0.25) is 0 Å². The average molecular weight is 356 g/mol. The van der Waals surface area contributed by atoms with Gasteiger partial charge in [0.05, 0.1) is 4.91 Å². The summed E-state index contributed by atoms with van der Waals surface area (Å²) in [5, 5.41) is -0.380. The topological polar surface area (TPSA) is 57.7 Å². The Morgan fingerprint density at radius 3 is 2.52 bits per heavy atom. The van der Waals surface area contributed by atoms with Crippen LogP contribution in [-0.4, -0.2) is 46.5 Å². The number of imide groups is 1. The normalized spacial score (nSPS) is 20.1. The van der Waals surface area contributed by atoms with Crippen LogP contribution in [0.1, 0.15) is 24.8 Å². The van der Waals surface area contributed by atoms with E-state index in [2.05, 4.69) is 0 Å². The van der Waals surface area contributed by atoms with Crippen molar-refractivity contribution in [3.63, 3.8) is 0 Å². The molecule has 0 spiro atoms. The summed E-state index contributed by atoms with van der Waals surface area (Å²) in [4.78, 5) is 39.9. The maximum Gasteiger partial charge on any atom is 0.294 e. The zero-order valence-corrected chi connectivity index (χ0v) is 14.7. The molecule has 6 heteroatoms. The largest absolute Gasteiger partial charge is 0.341 e. The van der Waals surface area contributed by atoms with Crippen molar-refractivity contribution in [2.45, 2.75) is 19.3 Å². The van der Waals surface area contributed by atoms with E-state index >= 15 is 0 Å². The van der Waals surface area contributed by atoms with Crippen LogP contribution < -0.4 is 0 Å². The number of carbonyl (C=O) groups excluding carboxylic acids is 3. The third kappa shape index (κ3) is 4.39. The fraction of sp³-hybridized carbons (Fsp3) is 0.316. The Morgan fingerprint density at radius 1 is 1.08 bits per heavy atom. The van der Waals surface area contributed by atoms with Gasteiger partial charge in [-0.25, -0.2) is 0 Å². The summed E-state index contributed by atoms with van der Waals surface area (Å²) in [7, 11) is 0. The molecule has 5 nitrogen and oxygen atoms in total. The number of nitrogens with zero attached hydrogens (tertiary/aromatic N) is 2. The summed E-state index contributed by atoms with van der Waals surface area (Å²) in [6.07, 6.45) is 8.34. The quantitative estimate of drug-likeness (QED) is 0.777. The van der Waals surface area contributed by atoms with Crippen LogP contribution in [0.5, 0.6) is 0 Å². The van der Waals surface area contributed by atoms with E-state index in [1.165, 1.54) is 0 Å². The van der Waals surface area contributed by atoms with E-state index < -0.39 is 5.91 Å². The maximum absolute atomic E-state index is 12.4. The Morgan fingerprint density at radius 2 is 1.80 bits per heavy atom. The molecule has 2 aliphatic heterocycles. The Hall–Kier alpha value is -2.34. The van der Waals surface area contributed by atoms with E-state index in [1.54, 1.807) is 17.1 Å². The average Bonchev–Trinajstić information content (AvgIpc) is 2.91. The minimum Gasteiger partial charge on any atom is -0.341 e. The van der Waals surface area contributed by atoms with Gasteiger partial charge in [0.1, 0.15) is 6.54 Å². The van der Waals surface area contributed by atoms with Crippen molar-refractivity contribution in [1.29, 1.82) is 0 Å². The summed E-state index contributed by atoms with van der Waals surface area (Å²) in [5.41, 5.74) is 1.01. The van der Waals surface area contributed by atoms with E-state index in [0.29, 0.717) is 18.0 Å². The minimum atomic E-state index is -0.391. The molecule has 0 aliphatic carbocycles. The molecule has 0 N–H and O–H groups in total. The standard InChI is InChI=1S/C19H20N2O3S/c22-17(20-12-5-2-6-13-20)14-21-18(23)16(25-19(21)24)11-7-10-15-8-3-1-4-9-15/h1,3-4,7-11H,2,5-6,12-14H2/b10-7+,16-11+. The van der Waals surface area contributed by atoms with Gasteiger partial charge in [0.25, 0.3) is 11.1 Å². The molecule has 2 heterocycles. The molecular weight excluding hydrogens is 336 g/mol. The third-order valence-corrected chi connectivity index (χ3v) is 5.14. The summed E-state index contributed by atoms with van der Waals surface area (Å²) in [5.74, 6) is -0.541. The van der Waals surface area contributed by atoms with Crippen molar-refractivity contribution in [3.05, 3.63) is 53.0 Å². The molecule has 2 fully saturated rings. The van der Waals surface area contributed by atoms with Crippen molar-refractivity contribution >= 4 is 34.9 Å². The Balaban J connectivity index is 1.62. The zero-order chi connectivity index (χ0) is 17.6. The number of likely N-dealkylation sites (tertiary alicyclic amines) is 1. The van der Waals surface area contributed by atoms with Gasteiger partial charge in [-0.2, -0.15) is 0 Å². The number of hydrogen-bond acceptors (Lipinski definition) is 4. The number of hydrogen-bond donors (Lipinski definition) is 0. The van der Waals surface area contributed by atoms with Crippen LogP contribution in [0.3, 0.4) is 0 Å². The lowest BCUT2D eigenvalue weighted by molar-refractivity contribution is -0.136. The van der Waals surface area contributed by atoms with Crippen molar-refractivity contribution < 1.29 is 14.4 Å². The van der Waals surface area contributed by atoms with Gasteiger partial charge in [0, 0.05) is 13.1 Å². The lowest BCUT2D eigenvalue weighted by Crippen LogP contribution is -2.44. The second kappa shape index (κ2) is 8.16. The lowest BCUT2D eigenvalue weighted by Gasteiger charge is -2.27. The maximum atomic E-state index is 12.4. The molecule has 2 saturated heterocycles. The number of rotatable bonds is 4. The molecular formula is C19H20N2O3S. The fourth-order valence-corrected chi connectivity index (χ4v) is 3.63. The first kappa shape index (κ1) is 17.5. The van der Waals surface area contributed by atoms with E-state index in [0.717, 1.165) is 41.5 Å². The highest BCUT2D eigenvalue weighted by Crippen LogP contribution is 2.30. The van der Waals surface area contributed by atoms with Crippen LogP contribution in [-0.2, 0) is 9.59 Å². The molecule has 0 aromatic heterocycles. The second-order valence-electron chi connectivity index (χ2n) is 6.00. The molecule has 0 unspecified atom stereocenters. The van der Waals surface area contributed by atoms with Gasteiger partial charge in [0.15, 0.2) is 0 Å². The molecule has 2 aliphatic rings. The first-order chi connectivity index (χ1) is 12.1. The number of piperidine rings is 1. The number of amides is 3. The third-order valence-electron chi connectivity index (χ3n) is 4.21. The van der Waals surface area contributed by atoms with Crippen molar-refractivity contribution in [1.82, 2.24) is 9.80 Å². The van der Waals surface area contributed by atoms with Crippen molar-refractivity contribution in [2.75, 3.05) is 19.6 Å². The fourth-order valence-electron chi connectivity index (χ4n) is 2.84. The van der Waals surface area contributed by atoms with E-state index in [-0.39, 0.29) is 17.7 Å². The molecule has 130 valence electrons. The molecule has 1 aromatic carbocycles. The first-order valence-electron chi connectivity index (χ1n) is 8.40. The zero-order valence-electron chi connectivity index (χ0n) is 13.9. The summed E-state index contributed by atoms with van der Waals surface area (Å²) in [6, 6.07) is 9.70. The second-order valence-corrected chi connectivity index (χ2v) is 6.99. The van der Waals surface area contributed by atoms with Gasteiger partial charge in [-0.05, 0) is 42.7 Å². The van der Waals surface area contributed by atoms with Gasteiger partial charge in [0.2, 0.25) is 5.91 Å². The van der Waals surface area contributed by atoms with E-state index in [4.69, 9.17) is 0 Å². The number of allylic oxidation sites excluding steroid dienone is 2.